The average Bonchev–Trinajstić information content (AvgIpc) is 2.58. The summed E-state index contributed by atoms with van der Waals surface area (Å²) in [5, 5.41) is 14.2. The minimum absolute atomic E-state index is 0. The summed E-state index contributed by atoms with van der Waals surface area (Å²) >= 11 is 0. The SMILES string of the molecule is CCNCC1CCN(C(=O)COc2ccccc2[N+](=O)[O-])CC1.Cl. The number of para-hydroxylation sites is 2. The Balaban J connectivity index is 0.00000288. The van der Waals surface area contributed by atoms with E-state index >= 15 is 0 Å². The van der Waals surface area contributed by atoms with Crippen LogP contribution in [0.5, 0.6) is 5.75 Å². The fraction of sp³-hybridized carbons (Fsp3) is 0.562. The van der Waals surface area contributed by atoms with Crippen LogP contribution in [0.25, 0.3) is 0 Å². The summed E-state index contributed by atoms with van der Waals surface area (Å²) in [6, 6.07) is 6.10. The van der Waals surface area contributed by atoms with Crippen LogP contribution < -0.4 is 10.1 Å². The van der Waals surface area contributed by atoms with Gasteiger partial charge in [0.05, 0.1) is 4.92 Å². The van der Waals surface area contributed by atoms with Gasteiger partial charge >= 0.3 is 5.69 Å². The van der Waals surface area contributed by atoms with E-state index in [4.69, 9.17) is 4.74 Å². The molecule has 1 N–H and O–H groups in total. The Morgan fingerprint density at radius 3 is 2.67 bits per heavy atom. The molecule has 0 spiro atoms. The van der Waals surface area contributed by atoms with Crippen molar-refractivity contribution < 1.29 is 14.5 Å². The molecule has 1 heterocycles. The Bertz CT molecular complexity index is 548. The number of hydrogen-bond acceptors (Lipinski definition) is 5. The molecule has 1 fully saturated rings. The molecule has 0 aliphatic carbocycles. The maximum absolute atomic E-state index is 12.2. The van der Waals surface area contributed by atoms with E-state index in [1.165, 1.54) is 12.1 Å². The van der Waals surface area contributed by atoms with E-state index in [1.54, 1.807) is 17.0 Å². The molecule has 1 amide bonds. The average molecular weight is 358 g/mol. The van der Waals surface area contributed by atoms with Gasteiger partial charge in [0.15, 0.2) is 12.4 Å². The summed E-state index contributed by atoms with van der Waals surface area (Å²) in [4.78, 5) is 24.4. The second-order valence-corrected chi connectivity index (χ2v) is 5.65. The summed E-state index contributed by atoms with van der Waals surface area (Å²) in [6.07, 6.45) is 1.95. The standard InChI is InChI=1S/C16H23N3O4.ClH/c1-2-17-11-13-7-9-18(10-8-13)16(20)12-23-15-6-4-3-5-14(15)19(21)22;/h3-6,13,17H,2,7-12H2,1H3;1H. The van der Waals surface area contributed by atoms with Crippen LogP contribution in [0.2, 0.25) is 0 Å². The van der Waals surface area contributed by atoms with Crippen molar-refractivity contribution in [1.29, 1.82) is 0 Å². The van der Waals surface area contributed by atoms with Crippen molar-refractivity contribution in [2.75, 3.05) is 32.8 Å². The molecule has 0 atom stereocenters. The van der Waals surface area contributed by atoms with E-state index in [0.29, 0.717) is 5.92 Å². The molecular weight excluding hydrogens is 334 g/mol. The van der Waals surface area contributed by atoms with Gasteiger partial charge in [-0.05, 0) is 37.9 Å². The van der Waals surface area contributed by atoms with Crippen molar-refractivity contribution in [3.05, 3.63) is 34.4 Å². The first-order valence-electron chi connectivity index (χ1n) is 7.96. The van der Waals surface area contributed by atoms with E-state index in [9.17, 15) is 14.9 Å². The van der Waals surface area contributed by atoms with Crippen LogP contribution in [0, 0.1) is 16.0 Å². The molecule has 0 radical (unpaired) electrons. The Labute approximate surface area is 147 Å². The third-order valence-electron chi connectivity index (χ3n) is 4.06. The smallest absolute Gasteiger partial charge is 0.310 e. The first-order valence-corrected chi connectivity index (χ1v) is 7.96. The Hall–Kier alpha value is -1.86. The normalized spacial score (nSPS) is 14.8. The number of ether oxygens (including phenoxy) is 1. The van der Waals surface area contributed by atoms with Gasteiger partial charge < -0.3 is 15.0 Å². The van der Waals surface area contributed by atoms with E-state index in [1.807, 2.05) is 0 Å². The molecular formula is C16H24ClN3O4. The number of nitrogens with zero attached hydrogens (tertiary/aromatic N) is 2. The summed E-state index contributed by atoms with van der Waals surface area (Å²) in [5.41, 5.74) is -0.121. The highest BCUT2D eigenvalue weighted by atomic mass is 35.5. The fourth-order valence-corrected chi connectivity index (χ4v) is 2.70. The van der Waals surface area contributed by atoms with E-state index in [-0.39, 0.29) is 36.4 Å². The van der Waals surface area contributed by atoms with Crippen molar-refractivity contribution in [3.63, 3.8) is 0 Å². The summed E-state index contributed by atoms with van der Waals surface area (Å²) in [7, 11) is 0. The number of benzene rings is 1. The number of likely N-dealkylation sites (tertiary alicyclic amines) is 1. The lowest BCUT2D eigenvalue weighted by molar-refractivity contribution is -0.385. The van der Waals surface area contributed by atoms with Gasteiger partial charge in [0, 0.05) is 19.2 Å². The molecule has 1 aliphatic rings. The predicted molar refractivity (Wildman–Crippen MR) is 93.7 cm³/mol. The van der Waals surface area contributed by atoms with E-state index < -0.39 is 4.92 Å². The first-order chi connectivity index (χ1) is 11.1. The van der Waals surface area contributed by atoms with Crippen molar-refractivity contribution in [2.24, 2.45) is 5.92 Å². The van der Waals surface area contributed by atoms with Crippen LogP contribution in [0.15, 0.2) is 24.3 Å². The molecule has 1 saturated heterocycles. The van der Waals surface area contributed by atoms with Crippen LogP contribution >= 0.6 is 12.4 Å². The number of amides is 1. The van der Waals surface area contributed by atoms with Crippen molar-refractivity contribution in [3.8, 4) is 5.75 Å². The zero-order valence-electron chi connectivity index (χ0n) is 13.8. The zero-order chi connectivity index (χ0) is 16.7. The molecule has 8 heteroatoms. The molecule has 0 saturated carbocycles. The summed E-state index contributed by atoms with van der Waals surface area (Å²) in [6.45, 7) is 5.31. The van der Waals surface area contributed by atoms with Gasteiger partial charge in [0.1, 0.15) is 0 Å². The van der Waals surface area contributed by atoms with Gasteiger partial charge in [-0.25, -0.2) is 0 Å². The van der Waals surface area contributed by atoms with Crippen LogP contribution in [0.3, 0.4) is 0 Å². The Morgan fingerprint density at radius 2 is 2.04 bits per heavy atom. The first kappa shape index (κ1) is 20.2. The van der Waals surface area contributed by atoms with Crippen LogP contribution in [0.1, 0.15) is 19.8 Å². The highest BCUT2D eigenvalue weighted by Crippen LogP contribution is 2.26. The largest absolute Gasteiger partial charge is 0.477 e. The van der Waals surface area contributed by atoms with Gasteiger partial charge in [-0.1, -0.05) is 19.1 Å². The molecule has 2 rings (SSSR count). The maximum atomic E-state index is 12.2. The minimum atomic E-state index is -0.508. The van der Waals surface area contributed by atoms with Crippen molar-refractivity contribution in [1.82, 2.24) is 10.2 Å². The molecule has 134 valence electrons. The van der Waals surface area contributed by atoms with Gasteiger partial charge in [-0.2, -0.15) is 0 Å². The number of nitro groups is 1. The molecule has 0 bridgehead atoms. The molecule has 1 aromatic rings. The van der Waals surface area contributed by atoms with Gasteiger partial charge in [-0.15, -0.1) is 12.4 Å². The van der Waals surface area contributed by atoms with Gasteiger partial charge in [0.25, 0.3) is 5.91 Å². The van der Waals surface area contributed by atoms with Gasteiger partial charge in [0.2, 0.25) is 0 Å². The maximum Gasteiger partial charge on any atom is 0.310 e. The van der Waals surface area contributed by atoms with Crippen molar-refractivity contribution >= 4 is 24.0 Å². The number of carbonyl (C=O) groups is 1. The predicted octanol–water partition coefficient (Wildman–Crippen LogP) is 2.24. The third kappa shape index (κ3) is 5.65. The van der Waals surface area contributed by atoms with Crippen LogP contribution in [-0.2, 0) is 4.79 Å². The number of carbonyl (C=O) groups excluding carboxylic acids is 1. The second kappa shape index (κ2) is 10.1. The molecule has 0 aromatic heterocycles. The Kier molecular flexibility index (Phi) is 8.49. The number of piperidine rings is 1. The number of halogens is 1. The van der Waals surface area contributed by atoms with Gasteiger partial charge in [-0.3, -0.25) is 14.9 Å². The lowest BCUT2D eigenvalue weighted by Crippen LogP contribution is -2.42. The van der Waals surface area contributed by atoms with Crippen LogP contribution in [-0.4, -0.2) is 48.5 Å². The third-order valence-corrected chi connectivity index (χ3v) is 4.06. The number of nitro benzene ring substituents is 1. The lowest BCUT2D eigenvalue weighted by atomic mass is 9.97. The van der Waals surface area contributed by atoms with E-state index in [2.05, 4.69) is 12.2 Å². The van der Waals surface area contributed by atoms with E-state index in [0.717, 1.165) is 39.0 Å². The molecule has 7 nitrogen and oxygen atoms in total. The number of rotatable bonds is 7. The highest BCUT2D eigenvalue weighted by molar-refractivity contribution is 5.85. The monoisotopic (exact) mass is 357 g/mol. The molecule has 0 unspecified atom stereocenters. The number of hydrogen-bond donors (Lipinski definition) is 1. The fourth-order valence-electron chi connectivity index (χ4n) is 2.70. The zero-order valence-corrected chi connectivity index (χ0v) is 14.6. The molecule has 1 aliphatic heterocycles. The molecule has 24 heavy (non-hydrogen) atoms. The lowest BCUT2D eigenvalue weighted by Gasteiger charge is -2.32. The quantitative estimate of drug-likeness (QED) is 0.597. The number of nitrogens with one attached hydrogen (secondary N) is 1. The minimum Gasteiger partial charge on any atom is -0.477 e. The molecule has 1 aromatic carbocycles. The summed E-state index contributed by atoms with van der Waals surface area (Å²) in [5.74, 6) is 0.619. The second-order valence-electron chi connectivity index (χ2n) is 5.65. The summed E-state index contributed by atoms with van der Waals surface area (Å²) < 4.78 is 5.36. The van der Waals surface area contributed by atoms with Crippen LogP contribution in [0.4, 0.5) is 5.69 Å². The topological polar surface area (TPSA) is 84.7 Å². The van der Waals surface area contributed by atoms with Crippen molar-refractivity contribution in [2.45, 2.75) is 19.8 Å². The Morgan fingerprint density at radius 1 is 1.38 bits per heavy atom. The highest BCUT2D eigenvalue weighted by Gasteiger charge is 2.23.